The minimum atomic E-state index is -4.82. The normalized spacial score (nSPS) is 13.2. The summed E-state index contributed by atoms with van der Waals surface area (Å²) in [6.45, 7) is 2.93. The lowest BCUT2D eigenvalue weighted by atomic mass is 9.91. The van der Waals surface area contributed by atoms with Gasteiger partial charge in [-0.3, -0.25) is 9.78 Å². The van der Waals surface area contributed by atoms with Crippen LogP contribution in [0.4, 0.5) is 13.2 Å². The molecule has 3 aromatic rings. The van der Waals surface area contributed by atoms with Gasteiger partial charge >= 0.3 is 6.36 Å². The number of rotatable bonds is 5. The minimum absolute atomic E-state index is 0.0573. The first-order valence-electron chi connectivity index (χ1n) is 8.73. The van der Waals surface area contributed by atoms with Gasteiger partial charge in [-0.25, -0.2) is 4.98 Å². The van der Waals surface area contributed by atoms with Crippen molar-refractivity contribution in [3.05, 3.63) is 65.1 Å². The molecular formula is C20H17ClF3N3O3. The van der Waals surface area contributed by atoms with Crippen LogP contribution in [0.1, 0.15) is 35.9 Å². The van der Waals surface area contributed by atoms with Crippen molar-refractivity contribution in [1.29, 1.82) is 0 Å². The van der Waals surface area contributed by atoms with Gasteiger partial charge in [0.1, 0.15) is 11.4 Å². The molecule has 2 heterocycles. The van der Waals surface area contributed by atoms with Crippen molar-refractivity contribution < 1.29 is 27.8 Å². The third-order valence-electron chi connectivity index (χ3n) is 4.22. The lowest BCUT2D eigenvalue weighted by Crippen LogP contribution is -2.42. The first-order chi connectivity index (χ1) is 13.9. The van der Waals surface area contributed by atoms with E-state index in [0.717, 1.165) is 12.1 Å². The maximum absolute atomic E-state index is 12.8. The van der Waals surface area contributed by atoms with E-state index in [1.165, 1.54) is 38.2 Å². The lowest BCUT2D eigenvalue weighted by Gasteiger charge is -2.30. The van der Waals surface area contributed by atoms with Gasteiger partial charge in [0.2, 0.25) is 0 Å². The predicted octanol–water partition coefficient (Wildman–Crippen LogP) is 4.42. The Bertz CT molecular complexity index is 1070. The summed E-state index contributed by atoms with van der Waals surface area (Å²) in [6.07, 6.45) is -1.85. The maximum Gasteiger partial charge on any atom is 0.573 e. The molecule has 0 aliphatic rings. The molecule has 1 atom stereocenters. The van der Waals surface area contributed by atoms with Crippen molar-refractivity contribution in [2.75, 3.05) is 0 Å². The van der Waals surface area contributed by atoms with E-state index < -0.39 is 29.7 Å². The Hall–Kier alpha value is -2.91. The van der Waals surface area contributed by atoms with Crippen LogP contribution in [0.2, 0.25) is 5.02 Å². The fourth-order valence-corrected chi connectivity index (χ4v) is 3.08. The number of carbonyl (C=O) groups excluding carboxylic acids is 1. The van der Waals surface area contributed by atoms with Crippen LogP contribution in [-0.2, 0) is 0 Å². The quantitative estimate of drug-likeness (QED) is 0.614. The summed E-state index contributed by atoms with van der Waals surface area (Å²) < 4.78 is 40.9. The van der Waals surface area contributed by atoms with Crippen molar-refractivity contribution in [3.63, 3.8) is 0 Å². The molecule has 0 spiro atoms. The fourth-order valence-electron chi connectivity index (χ4n) is 2.87. The first kappa shape index (κ1) is 21.8. The zero-order valence-corrected chi connectivity index (χ0v) is 16.6. The van der Waals surface area contributed by atoms with Crippen molar-refractivity contribution in [3.8, 4) is 5.75 Å². The van der Waals surface area contributed by atoms with Crippen molar-refractivity contribution in [2.24, 2.45) is 0 Å². The van der Waals surface area contributed by atoms with Gasteiger partial charge in [0.05, 0.1) is 22.2 Å². The number of aliphatic hydroxyl groups is 1. The van der Waals surface area contributed by atoms with Crippen LogP contribution in [-0.4, -0.2) is 32.9 Å². The van der Waals surface area contributed by atoms with E-state index in [9.17, 15) is 23.1 Å². The smallest absolute Gasteiger partial charge is 0.406 e. The van der Waals surface area contributed by atoms with Crippen LogP contribution in [0, 0.1) is 0 Å². The molecule has 2 aromatic heterocycles. The number of halogens is 4. The molecule has 0 radical (unpaired) electrons. The van der Waals surface area contributed by atoms with Crippen molar-refractivity contribution in [1.82, 2.24) is 15.3 Å². The average Bonchev–Trinajstić information content (AvgIpc) is 2.65. The molecule has 0 aliphatic carbocycles. The molecule has 0 bridgehead atoms. The number of aromatic nitrogens is 2. The molecule has 30 heavy (non-hydrogen) atoms. The zero-order valence-electron chi connectivity index (χ0n) is 15.9. The molecule has 0 unspecified atom stereocenters. The Morgan fingerprint density at radius 1 is 1.13 bits per heavy atom. The van der Waals surface area contributed by atoms with E-state index >= 15 is 0 Å². The summed E-state index contributed by atoms with van der Waals surface area (Å²) in [4.78, 5) is 21.0. The number of amides is 1. The van der Waals surface area contributed by atoms with E-state index in [1.807, 2.05) is 0 Å². The van der Waals surface area contributed by atoms with Gasteiger partial charge in [-0.15, -0.1) is 13.2 Å². The molecule has 0 fully saturated rings. The molecule has 158 valence electrons. The molecule has 0 saturated carbocycles. The summed E-state index contributed by atoms with van der Waals surface area (Å²) in [5.74, 6) is -1.00. The topological polar surface area (TPSA) is 84.3 Å². The average molecular weight is 440 g/mol. The summed E-state index contributed by atoms with van der Waals surface area (Å²) in [5.41, 5.74) is -0.594. The zero-order chi connectivity index (χ0) is 22.1. The molecule has 10 heteroatoms. The van der Waals surface area contributed by atoms with Crippen molar-refractivity contribution in [2.45, 2.75) is 31.9 Å². The molecule has 0 saturated heterocycles. The number of hydrogen-bond donors (Lipinski definition) is 2. The third-order valence-corrected chi connectivity index (χ3v) is 4.49. The highest BCUT2D eigenvalue weighted by Crippen LogP contribution is 2.29. The Labute approximate surface area is 174 Å². The number of benzene rings is 1. The molecule has 2 N–H and O–H groups in total. The second-order valence-corrected chi connectivity index (χ2v) is 7.47. The number of nitrogens with zero attached hydrogens (tertiary/aromatic N) is 2. The van der Waals surface area contributed by atoms with Gasteiger partial charge in [0, 0.05) is 17.8 Å². The second-order valence-electron chi connectivity index (χ2n) is 7.07. The van der Waals surface area contributed by atoms with Gasteiger partial charge in [-0.2, -0.15) is 0 Å². The lowest BCUT2D eigenvalue weighted by molar-refractivity contribution is -0.274. The van der Waals surface area contributed by atoms with Crippen LogP contribution >= 0.6 is 11.6 Å². The largest absolute Gasteiger partial charge is 0.573 e. The Morgan fingerprint density at radius 3 is 2.40 bits per heavy atom. The summed E-state index contributed by atoms with van der Waals surface area (Å²) >= 11 is 6.08. The van der Waals surface area contributed by atoms with E-state index in [-0.39, 0.29) is 10.7 Å². The van der Waals surface area contributed by atoms with Gasteiger partial charge < -0.3 is 15.2 Å². The number of pyridine rings is 2. The van der Waals surface area contributed by atoms with E-state index in [1.54, 1.807) is 12.3 Å². The Kier molecular flexibility index (Phi) is 5.87. The number of carbonyl (C=O) groups is 1. The molecule has 6 nitrogen and oxygen atoms in total. The van der Waals surface area contributed by atoms with Gasteiger partial charge in [0.25, 0.3) is 5.91 Å². The van der Waals surface area contributed by atoms with Gasteiger partial charge in [-0.05, 0) is 43.7 Å². The summed E-state index contributed by atoms with van der Waals surface area (Å²) in [6, 6.07) is 7.07. The molecule has 3 rings (SSSR count). The third kappa shape index (κ3) is 5.17. The minimum Gasteiger partial charge on any atom is -0.406 e. The predicted molar refractivity (Wildman–Crippen MR) is 104 cm³/mol. The standard InChI is InChI=1S/C20H17ClF3N3O3/c1-19(2,29)17(11-3-6-13(7-4-11)30-20(22,23)24)27-18(28)15-8-5-12-9-25-10-14(21)16(12)26-15/h3-10,17,29H,1-2H3,(H,27,28)/t17-/m0/s1. The molecular weight excluding hydrogens is 423 g/mol. The molecule has 0 aliphatic heterocycles. The highest BCUT2D eigenvalue weighted by molar-refractivity contribution is 6.34. The molecule has 1 amide bonds. The van der Waals surface area contributed by atoms with Crippen LogP contribution in [0.3, 0.4) is 0 Å². The number of fused-ring (bicyclic) bond motifs is 1. The Balaban J connectivity index is 1.87. The van der Waals surface area contributed by atoms with Crippen LogP contribution in [0.25, 0.3) is 10.9 Å². The maximum atomic E-state index is 12.8. The van der Waals surface area contributed by atoms with E-state index in [4.69, 9.17) is 11.6 Å². The summed E-state index contributed by atoms with van der Waals surface area (Å²) in [5, 5.41) is 14.1. The Morgan fingerprint density at radius 2 is 1.80 bits per heavy atom. The highest BCUT2D eigenvalue weighted by atomic mass is 35.5. The second kappa shape index (κ2) is 8.08. The van der Waals surface area contributed by atoms with E-state index in [0.29, 0.717) is 16.5 Å². The first-order valence-corrected chi connectivity index (χ1v) is 9.11. The van der Waals surface area contributed by atoms with E-state index in [2.05, 4.69) is 20.0 Å². The van der Waals surface area contributed by atoms with Crippen molar-refractivity contribution >= 4 is 28.4 Å². The SMILES string of the molecule is CC(C)(O)[C@@H](NC(=O)c1ccc2cncc(Cl)c2n1)c1ccc(OC(F)(F)F)cc1. The molecule has 1 aromatic carbocycles. The monoisotopic (exact) mass is 439 g/mol. The number of hydrogen-bond acceptors (Lipinski definition) is 5. The van der Waals surface area contributed by atoms with Gasteiger partial charge in [-0.1, -0.05) is 23.7 Å². The number of alkyl halides is 3. The number of nitrogens with one attached hydrogen (secondary N) is 1. The van der Waals surface area contributed by atoms with Crippen LogP contribution in [0.15, 0.2) is 48.8 Å². The van der Waals surface area contributed by atoms with Crippen LogP contribution in [0.5, 0.6) is 5.75 Å². The van der Waals surface area contributed by atoms with Gasteiger partial charge in [0.15, 0.2) is 0 Å². The van der Waals surface area contributed by atoms with Crippen LogP contribution < -0.4 is 10.1 Å². The summed E-state index contributed by atoms with van der Waals surface area (Å²) in [7, 11) is 0. The number of ether oxygens (including phenoxy) is 1. The highest BCUT2D eigenvalue weighted by Gasteiger charge is 2.33. The fraction of sp³-hybridized carbons (Fsp3) is 0.250.